The highest BCUT2D eigenvalue weighted by molar-refractivity contribution is 9.10. The number of aryl methyl sites for hydroxylation is 1. The van der Waals surface area contributed by atoms with Crippen molar-refractivity contribution in [1.82, 2.24) is 9.97 Å². The number of benzene rings is 1. The number of aromatic nitrogens is 2. The topological polar surface area (TPSA) is 51.8 Å². The lowest BCUT2D eigenvalue weighted by Crippen LogP contribution is -2.04. The molecule has 0 fully saturated rings. The molecule has 0 bridgehead atoms. The molecule has 1 aromatic carbocycles. The molecule has 0 aliphatic rings. The fraction of sp³-hybridized carbons (Fsp3) is 0.231. The number of nitrogens with zero attached hydrogens (tertiary/aromatic N) is 2. The predicted molar refractivity (Wildman–Crippen MR) is 73.4 cm³/mol. The fourth-order valence-corrected chi connectivity index (χ4v) is 2.10. The SMILES string of the molecule is CCCc1nc(-c2cc(F)c(F)c(F)c2)nc(N)c1Br. The number of rotatable bonds is 3. The predicted octanol–water partition coefficient (Wildman–Crippen LogP) is 3.86. The van der Waals surface area contributed by atoms with E-state index in [1.165, 1.54) is 0 Å². The maximum absolute atomic E-state index is 13.2. The van der Waals surface area contributed by atoms with Gasteiger partial charge in [-0.2, -0.15) is 0 Å². The van der Waals surface area contributed by atoms with Crippen LogP contribution >= 0.6 is 15.9 Å². The summed E-state index contributed by atoms with van der Waals surface area (Å²) < 4.78 is 40.0. The Morgan fingerprint density at radius 3 is 2.30 bits per heavy atom. The molecule has 0 saturated heterocycles. The maximum Gasteiger partial charge on any atom is 0.194 e. The minimum Gasteiger partial charge on any atom is -0.383 e. The van der Waals surface area contributed by atoms with E-state index in [1.807, 2.05) is 6.92 Å². The van der Waals surface area contributed by atoms with E-state index >= 15 is 0 Å². The molecular formula is C13H11BrF3N3. The summed E-state index contributed by atoms with van der Waals surface area (Å²) in [5, 5.41) is 0. The molecular weight excluding hydrogens is 335 g/mol. The quantitative estimate of drug-likeness (QED) is 0.859. The lowest BCUT2D eigenvalue weighted by molar-refractivity contribution is 0.447. The van der Waals surface area contributed by atoms with Gasteiger partial charge in [0.1, 0.15) is 5.82 Å². The van der Waals surface area contributed by atoms with E-state index in [-0.39, 0.29) is 17.2 Å². The summed E-state index contributed by atoms with van der Waals surface area (Å²) in [6, 6.07) is 1.69. The van der Waals surface area contributed by atoms with E-state index in [9.17, 15) is 13.2 Å². The first-order valence-corrected chi connectivity index (χ1v) is 6.70. The molecule has 1 heterocycles. The highest BCUT2D eigenvalue weighted by atomic mass is 79.9. The van der Waals surface area contributed by atoms with Gasteiger partial charge in [-0.05, 0) is 34.5 Å². The Bertz CT molecular complexity index is 639. The number of nitrogens with two attached hydrogens (primary N) is 1. The molecule has 106 valence electrons. The number of hydrogen-bond acceptors (Lipinski definition) is 3. The Morgan fingerprint density at radius 2 is 1.75 bits per heavy atom. The zero-order valence-electron chi connectivity index (χ0n) is 10.6. The molecule has 0 atom stereocenters. The molecule has 20 heavy (non-hydrogen) atoms. The van der Waals surface area contributed by atoms with Gasteiger partial charge >= 0.3 is 0 Å². The van der Waals surface area contributed by atoms with Crippen molar-refractivity contribution in [2.24, 2.45) is 0 Å². The van der Waals surface area contributed by atoms with Gasteiger partial charge in [-0.25, -0.2) is 23.1 Å². The Morgan fingerprint density at radius 1 is 1.15 bits per heavy atom. The standard InChI is InChI=1S/C13H11BrF3N3/c1-2-3-9-10(14)12(18)20-13(19-9)6-4-7(15)11(17)8(16)5-6/h4-5H,2-3H2,1H3,(H2,18,19,20). The minimum atomic E-state index is -1.52. The van der Waals surface area contributed by atoms with Crippen LogP contribution in [0, 0.1) is 17.5 Å². The molecule has 3 nitrogen and oxygen atoms in total. The lowest BCUT2D eigenvalue weighted by Gasteiger charge is -2.09. The highest BCUT2D eigenvalue weighted by Gasteiger charge is 2.16. The second-order valence-corrected chi connectivity index (χ2v) is 4.99. The average molecular weight is 346 g/mol. The van der Waals surface area contributed by atoms with Gasteiger partial charge in [-0.15, -0.1) is 0 Å². The third-order valence-electron chi connectivity index (χ3n) is 2.67. The Kier molecular flexibility index (Phi) is 4.27. The molecule has 2 N–H and O–H groups in total. The molecule has 0 amide bonds. The summed E-state index contributed by atoms with van der Waals surface area (Å²) in [4.78, 5) is 8.17. The van der Waals surface area contributed by atoms with E-state index in [1.54, 1.807) is 0 Å². The molecule has 1 aromatic heterocycles. The van der Waals surface area contributed by atoms with Gasteiger partial charge < -0.3 is 5.73 Å². The molecule has 0 aliphatic heterocycles. The molecule has 2 aromatic rings. The van der Waals surface area contributed by atoms with Crippen molar-refractivity contribution < 1.29 is 13.2 Å². The molecule has 0 unspecified atom stereocenters. The second-order valence-electron chi connectivity index (χ2n) is 4.20. The molecule has 7 heteroatoms. The first-order chi connectivity index (χ1) is 9.43. The van der Waals surface area contributed by atoms with Crippen LogP contribution in [-0.4, -0.2) is 9.97 Å². The number of nitrogen functional groups attached to an aromatic ring is 1. The summed E-state index contributed by atoms with van der Waals surface area (Å²) >= 11 is 3.27. The number of hydrogen-bond donors (Lipinski definition) is 1. The van der Waals surface area contributed by atoms with Crippen molar-refractivity contribution >= 4 is 21.7 Å². The van der Waals surface area contributed by atoms with Crippen LogP contribution in [0.3, 0.4) is 0 Å². The van der Waals surface area contributed by atoms with Crippen LogP contribution in [0.1, 0.15) is 19.0 Å². The zero-order valence-corrected chi connectivity index (χ0v) is 12.1. The minimum absolute atomic E-state index is 0.0398. The van der Waals surface area contributed by atoms with E-state index < -0.39 is 17.5 Å². The van der Waals surface area contributed by atoms with Gasteiger partial charge in [0.05, 0.1) is 10.2 Å². The van der Waals surface area contributed by atoms with Crippen molar-refractivity contribution in [3.05, 3.63) is 39.8 Å². The van der Waals surface area contributed by atoms with Crippen LogP contribution in [-0.2, 0) is 6.42 Å². The van der Waals surface area contributed by atoms with Crippen LogP contribution < -0.4 is 5.73 Å². The van der Waals surface area contributed by atoms with Crippen LogP contribution in [0.15, 0.2) is 16.6 Å². The molecule has 0 saturated carbocycles. The largest absolute Gasteiger partial charge is 0.383 e. The second kappa shape index (κ2) is 5.78. The van der Waals surface area contributed by atoms with Gasteiger partial charge in [0.15, 0.2) is 23.3 Å². The summed E-state index contributed by atoms with van der Waals surface area (Å²) in [7, 11) is 0. The first-order valence-electron chi connectivity index (χ1n) is 5.90. The summed E-state index contributed by atoms with van der Waals surface area (Å²) in [5.41, 5.74) is 6.41. The summed E-state index contributed by atoms with van der Waals surface area (Å²) in [6.45, 7) is 1.96. The van der Waals surface area contributed by atoms with Gasteiger partial charge in [0, 0.05) is 5.56 Å². The Labute approximate surface area is 122 Å². The van der Waals surface area contributed by atoms with E-state index in [2.05, 4.69) is 25.9 Å². The zero-order chi connectivity index (χ0) is 14.9. The number of halogens is 4. The maximum atomic E-state index is 13.2. The van der Waals surface area contributed by atoms with Crippen molar-refractivity contribution in [1.29, 1.82) is 0 Å². The normalized spacial score (nSPS) is 10.8. The summed E-state index contributed by atoms with van der Waals surface area (Å²) in [6.07, 6.45) is 1.45. The van der Waals surface area contributed by atoms with Crippen molar-refractivity contribution in [2.75, 3.05) is 5.73 Å². The van der Waals surface area contributed by atoms with Gasteiger partial charge in [0.2, 0.25) is 0 Å². The third-order valence-corrected chi connectivity index (χ3v) is 3.54. The Balaban J connectivity index is 2.58. The van der Waals surface area contributed by atoms with Crippen molar-refractivity contribution in [3.8, 4) is 11.4 Å². The lowest BCUT2D eigenvalue weighted by atomic mass is 10.1. The van der Waals surface area contributed by atoms with Crippen LogP contribution in [0.5, 0.6) is 0 Å². The van der Waals surface area contributed by atoms with Gasteiger partial charge in [-0.1, -0.05) is 13.3 Å². The van der Waals surface area contributed by atoms with Crippen molar-refractivity contribution in [2.45, 2.75) is 19.8 Å². The molecule has 0 aliphatic carbocycles. The van der Waals surface area contributed by atoms with E-state index in [4.69, 9.17) is 5.73 Å². The van der Waals surface area contributed by atoms with Crippen molar-refractivity contribution in [3.63, 3.8) is 0 Å². The highest BCUT2D eigenvalue weighted by Crippen LogP contribution is 2.27. The fourth-order valence-electron chi connectivity index (χ4n) is 1.73. The first kappa shape index (κ1) is 14.8. The van der Waals surface area contributed by atoms with Gasteiger partial charge in [-0.3, -0.25) is 0 Å². The van der Waals surface area contributed by atoms with Crippen LogP contribution in [0.25, 0.3) is 11.4 Å². The summed E-state index contributed by atoms with van der Waals surface area (Å²) in [5.74, 6) is -3.87. The monoisotopic (exact) mass is 345 g/mol. The van der Waals surface area contributed by atoms with E-state index in [0.717, 1.165) is 18.6 Å². The molecule has 2 rings (SSSR count). The van der Waals surface area contributed by atoms with Gasteiger partial charge in [0.25, 0.3) is 0 Å². The molecule has 0 spiro atoms. The Hall–Kier alpha value is -1.63. The smallest absolute Gasteiger partial charge is 0.194 e. The number of anilines is 1. The molecule has 0 radical (unpaired) electrons. The third kappa shape index (κ3) is 2.77. The van der Waals surface area contributed by atoms with E-state index in [0.29, 0.717) is 16.6 Å². The van der Waals surface area contributed by atoms with Crippen LogP contribution in [0.4, 0.5) is 19.0 Å². The van der Waals surface area contributed by atoms with Crippen LogP contribution in [0.2, 0.25) is 0 Å². The average Bonchev–Trinajstić information content (AvgIpc) is 2.40.